The highest BCUT2D eigenvalue weighted by Crippen LogP contribution is 2.29. The van der Waals surface area contributed by atoms with Gasteiger partial charge < -0.3 is 14.2 Å². The second-order valence-corrected chi connectivity index (χ2v) is 5.73. The molecule has 0 N–H and O–H groups in total. The van der Waals surface area contributed by atoms with Crippen molar-refractivity contribution in [3.05, 3.63) is 65.7 Å². The van der Waals surface area contributed by atoms with E-state index in [9.17, 15) is 4.79 Å². The minimum Gasteiger partial charge on any atom is -0.490 e. The van der Waals surface area contributed by atoms with Gasteiger partial charge >= 0.3 is 5.97 Å². The molecular formula is C21H24O4. The molecule has 0 aliphatic heterocycles. The van der Waals surface area contributed by atoms with Gasteiger partial charge in [-0.05, 0) is 50.1 Å². The first-order valence-electron chi connectivity index (χ1n) is 8.40. The second-order valence-electron chi connectivity index (χ2n) is 5.73. The Morgan fingerprint density at radius 3 is 2.48 bits per heavy atom. The Morgan fingerprint density at radius 1 is 1.04 bits per heavy atom. The Balaban J connectivity index is 2.08. The van der Waals surface area contributed by atoms with E-state index in [2.05, 4.69) is 0 Å². The topological polar surface area (TPSA) is 44.8 Å². The summed E-state index contributed by atoms with van der Waals surface area (Å²) in [6.45, 7) is 6.56. The van der Waals surface area contributed by atoms with Crippen molar-refractivity contribution in [2.24, 2.45) is 0 Å². The predicted octanol–water partition coefficient (Wildman–Crippen LogP) is 4.63. The number of hydrogen-bond donors (Lipinski definition) is 0. The number of rotatable bonds is 8. The summed E-state index contributed by atoms with van der Waals surface area (Å²) in [5.74, 6) is 0.961. The maximum absolute atomic E-state index is 11.6. The summed E-state index contributed by atoms with van der Waals surface area (Å²) in [4.78, 5) is 11.6. The van der Waals surface area contributed by atoms with Crippen LogP contribution < -0.4 is 9.47 Å². The summed E-state index contributed by atoms with van der Waals surface area (Å²) in [5.41, 5.74) is 1.93. The lowest BCUT2D eigenvalue weighted by Gasteiger charge is -2.12. The molecule has 2 aromatic carbocycles. The molecule has 0 aromatic heterocycles. The van der Waals surface area contributed by atoms with Gasteiger partial charge in [-0.1, -0.05) is 36.4 Å². The summed E-state index contributed by atoms with van der Waals surface area (Å²) in [7, 11) is 0. The number of hydrogen-bond acceptors (Lipinski definition) is 4. The Morgan fingerprint density at radius 2 is 1.80 bits per heavy atom. The van der Waals surface area contributed by atoms with E-state index >= 15 is 0 Å². The molecular weight excluding hydrogens is 316 g/mol. The Hall–Kier alpha value is -2.75. The van der Waals surface area contributed by atoms with Crippen LogP contribution in [0.5, 0.6) is 11.5 Å². The fraction of sp³-hybridized carbons (Fsp3) is 0.286. The minimum atomic E-state index is -0.364. The van der Waals surface area contributed by atoms with Crippen LogP contribution in [0.2, 0.25) is 0 Å². The molecule has 0 bridgehead atoms. The summed E-state index contributed by atoms with van der Waals surface area (Å²) in [6.07, 6.45) is 2.98. The van der Waals surface area contributed by atoms with E-state index in [-0.39, 0.29) is 12.1 Å². The lowest BCUT2D eigenvalue weighted by Crippen LogP contribution is -2.08. The van der Waals surface area contributed by atoms with Crippen LogP contribution in [0.25, 0.3) is 6.08 Å². The van der Waals surface area contributed by atoms with Gasteiger partial charge in [0, 0.05) is 6.08 Å². The summed E-state index contributed by atoms with van der Waals surface area (Å²) in [5, 5.41) is 0. The largest absolute Gasteiger partial charge is 0.490 e. The second kappa shape index (κ2) is 9.52. The minimum absolute atomic E-state index is 0.134. The Labute approximate surface area is 149 Å². The normalized spacial score (nSPS) is 10.9. The van der Waals surface area contributed by atoms with E-state index < -0.39 is 0 Å². The van der Waals surface area contributed by atoms with Gasteiger partial charge in [-0.2, -0.15) is 0 Å². The molecule has 0 unspecified atom stereocenters. The van der Waals surface area contributed by atoms with Gasteiger partial charge in [0.05, 0.1) is 12.7 Å². The van der Waals surface area contributed by atoms with E-state index in [1.807, 2.05) is 69.3 Å². The molecule has 0 atom stereocenters. The van der Waals surface area contributed by atoms with E-state index in [0.29, 0.717) is 24.7 Å². The highest BCUT2D eigenvalue weighted by molar-refractivity contribution is 5.87. The maximum atomic E-state index is 11.6. The number of ether oxygens (including phenoxy) is 3. The van der Waals surface area contributed by atoms with Crippen LogP contribution in [0.3, 0.4) is 0 Å². The van der Waals surface area contributed by atoms with Crippen molar-refractivity contribution in [2.45, 2.75) is 33.5 Å². The summed E-state index contributed by atoms with van der Waals surface area (Å²) >= 11 is 0. The van der Waals surface area contributed by atoms with Crippen molar-refractivity contribution in [1.82, 2.24) is 0 Å². The molecule has 4 heteroatoms. The monoisotopic (exact) mass is 340 g/mol. The Bertz CT molecular complexity index is 705. The first-order valence-corrected chi connectivity index (χ1v) is 8.40. The molecule has 0 aliphatic carbocycles. The predicted molar refractivity (Wildman–Crippen MR) is 98.6 cm³/mol. The lowest BCUT2D eigenvalue weighted by atomic mass is 10.2. The number of carbonyl (C=O) groups is 1. The van der Waals surface area contributed by atoms with Crippen LogP contribution in [-0.2, 0) is 16.1 Å². The molecule has 0 amide bonds. The van der Waals surface area contributed by atoms with Gasteiger partial charge in [-0.15, -0.1) is 0 Å². The fourth-order valence-corrected chi connectivity index (χ4v) is 2.19. The Kier molecular flexibility index (Phi) is 7.08. The van der Waals surface area contributed by atoms with E-state index in [0.717, 1.165) is 11.1 Å². The third kappa shape index (κ3) is 6.34. The van der Waals surface area contributed by atoms with E-state index in [1.165, 1.54) is 6.08 Å². The number of carbonyl (C=O) groups excluding carboxylic acids is 1. The van der Waals surface area contributed by atoms with Gasteiger partial charge in [-0.3, -0.25) is 0 Å². The molecule has 0 aliphatic rings. The highest BCUT2D eigenvalue weighted by Gasteiger charge is 2.07. The molecule has 25 heavy (non-hydrogen) atoms. The number of benzene rings is 2. The van der Waals surface area contributed by atoms with Crippen LogP contribution in [-0.4, -0.2) is 18.7 Å². The first-order chi connectivity index (χ1) is 12.1. The molecule has 4 nitrogen and oxygen atoms in total. The van der Waals surface area contributed by atoms with Crippen molar-refractivity contribution >= 4 is 12.0 Å². The molecule has 0 saturated heterocycles. The zero-order valence-electron chi connectivity index (χ0n) is 14.9. The smallest absolute Gasteiger partial charge is 0.331 e. The van der Waals surface area contributed by atoms with Crippen molar-refractivity contribution in [2.75, 3.05) is 6.61 Å². The first kappa shape index (κ1) is 18.6. The van der Waals surface area contributed by atoms with Crippen LogP contribution in [0, 0.1) is 0 Å². The van der Waals surface area contributed by atoms with Crippen molar-refractivity contribution in [3.63, 3.8) is 0 Å². The van der Waals surface area contributed by atoms with Gasteiger partial charge in [0.25, 0.3) is 0 Å². The van der Waals surface area contributed by atoms with Gasteiger partial charge in [-0.25, -0.2) is 4.79 Å². The molecule has 0 spiro atoms. The number of esters is 1. The van der Waals surface area contributed by atoms with Crippen LogP contribution in [0.4, 0.5) is 0 Å². The van der Waals surface area contributed by atoms with Crippen LogP contribution in [0.15, 0.2) is 54.6 Å². The molecule has 132 valence electrons. The van der Waals surface area contributed by atoms with Gasteiger partial charge in [0.15, 0.2) is 11.5 Å². The fourth-order valence-electron chi connectivity index (χ4n) is 2.19. The lowest BCUT2D eigenvalue weighted by molar-refractivity contribution is -0.141. The highest BCUT2D eigenvalue weighted by atomic mass is 16.5. The van der Waals surface area contributed by atoms with Crippen LogP contribution >= 0.6 is 0 Å². The standard InChI is InChI=1S/C21H24O4/c1-4-23-20-14-17(11-13-21(22)25-16(2)3)10-12-19(20)24-15-18-8-6-5-7-9-18/h5-14,16H,4,15H2,1-3H3. The molecule has 0 radical (unpaired) electrons. The molecule has 2 aromatic rings. The summed E-state index contributed by atoms with van der Waals surface area (Å²) in [6, 6.07) is 15.5. The van der Waals surface area contributed by atoms with E-state index in [4.69, 9.17) is 14.2 Å². The van der Waals surface area contributed by atoms with Gasteiger partial charge in [0.2, 0.25) is 0 Å². The molecule has 0 saturated carbocycles. The average Bonchev–Trinajstić information content (AvgIpc) is 2.60. The van der Waals surface area contributed by atoms with Gasteiger partial charge in [0.1, 0.15) is 6.61 Å². The van der Waals surface area contributed by atoms with Crippen LogP contribution in [0.1, 0.15) is 31.9 Å². The van der Waals surface area contributed by atoms with E-state index in [1.54, 1.807) is 6.08 Å². The van der Waals surface area contributed by atoms with Crippen molar-refractivity contribution < 1.29 is 19.0 Å². The molecule has 2 rings (SSSR count). The van der Waals surface area contributed by atoms with Crippen molar-refractivity contribution in [3.8, 4) is 11.5 Å². The van der Waals surface area contributed by atoms with Crippen molar-refractivity contribution in [1.29, 1.82) is 0 Å². The third-order valence-corrected chi connectivity index (χ3v) is 3.27. The molecule has 0 fully saturated rings. The SMILES string of the molecule is CCOc1cc(C=CC(=O)OC(C)C)ccc1OCc1ccccc1. The zero-order valence-corrected chi connectivity index (χ0v) is 14.9. The third-order valence-electron chi connectivity index (χ3n) is 3.27. The average molecular weight is 340 g/mol. The quantitative estimate of drug-likeness (QED) is 0.519. The summed E-state index contributed by atoms with van der Waals surface area (Å²) < 4.78 is 16.6. The molecule has 0 heterocycles. The zero-order chi connectivity index (χ0) is 18.1. The maximum Gasteiger partial charge on any atom is 0.331 e.